The van der Waals surface area contributed by atoms with Gasteiger partial charge in [0.1, 0.15) is 18.5 Å². The lowest BCUT2D eigenvalue weighted by Crippen LogP contribution is -2.09. The number of aliphatic hydroxyl groups excluding tert-OH is 1. The van der Waals surface area contributed by atoms with E-state index in [1.54, 1.807) is 12.1 Å². The molecule has 20 heavy (non-hydrogen) atoms. The van der Waals surface area contributed by atoms with E-state index in [9.17, 15) is 5.11 Å². The van der Waals surface area contributed by atoms with Crippen LogP contribution in [0.3, 0.4) is 0 Å². The van der Waals surface area contributed by atoms with Crippen LogP contribution in [-0.4, -0.2) is 11.7 Å². The summed E-state index contributed by atoms with van der Waals surface area (Å²) in [6.45, 7) is 4.53. The molecule has 0 aliphatic heterocycles. The molecule has 0 saturated carbocycles. The van der Waals surface area contributed by atoms with Crippen molar-refractivity contribution in [1.82, 2.24) is 0 Å². The van der Waals surface area contributed by atoms with Gasteiger partial charge in [0.25, 0.3) is 0 Å². The fourth-order valence-corrected chi connectivity index (χ4v) is 1.94. The lowest BCUT2D eigenvalue weighted by molar-refractivity contribution is 0.108. The molecule has 0 amide bonds. The first-order chi connectivity index (χ1) is 9.56. The number of rotatable bonds is 5. The molecule has 0 aromatic heterocycles. The predicted octanol–water partition coefficient (Wildman–Crippen LogP) is 3.50. The summed E-state index contributed by atoms with van der Waals surface area (Å²) in [6, 6.07) is 15.1. The molecule has 1 unspecified atom stereocenters. The zero-order chi connectivity index (χ0) is 14.5. The van der Waals surface area contributed by atoms with Crippen molar-refractivity contribution in [1.29, 1.82) is 0 Å². The number of nitrogen functional groups attached to an aromatic ring is 1. The molecule has 2 rings (SSSR count). The van der Waals surface area contributed by atoms with Crippen molar-refractivity contribution in [2.75, 3.05) is 12.3 Å². The summed E-state index contributed by atoms with van der Waals surface area (Å²) in [5.74, 6) is 1.27. The Bertz CT molecular complexity index is 532. The van der Waals surface area contributed by atoms with Gasteiger partial charge in [0.15, 0.2) is 0 Å². The number of hydrogen-bond donors (Lipinski definition) is 2. The Hall–Kier alpha value is -2.00. The van der Waals surface area contributed by atoms with Crippen LogP contribution in [0.15, 0.2) is 48.5 Å². The van der Waals surface area contributed by atoms with Crippen LogP contribution in [0.25, 0.3) is 0 Å². The molecule has 0 radical (unpaired) electrons. The molecule has 0 heterocycles. The summed E-state index contributed by atoms with van der Waals surface area (Å²) in [5, 5.41) is 10.0. The van der Waals surface area contributed by atoms with E-state index in [0.29, 0.717) is 11.6 Å². The Morgan fingerprint density at radius 3 is 2.05 bits per heavy atom. The standard InChI is InChI=1S/C17H21NO2/c1-12(2)13-5-9-16(10-6-13)20-11-17(19)14-3-7-15(18)8-4-14/h3-10,12,17,19H,11,18H2,1-2H3. The van der Waals surface area contributed by atoms with E-state index in [1.807, 2.05) is 24.3 Å². The number of nitrogens with two attached hydrogens (primary N) is 1. The lowest BCUT2D eigenvalue weighted by Gasteiger charge is -2.13. The molecular formula is C17H21NO2. The normalized spacial score (nSPS) is 12.4. The molecular weight excluding hydrogens is 250 g/mol. The highest BCUT2D eigenvalue weighted by atomic mass is 16.5. The molecule has 2 aromatic rings. The van der Waals surface area contributed by atoms with Gasteiger partial charge in [0.2, 0.25) is 0 Å². The molecule has 0 aliphatic carbocycles. The number of aliphatic hydroxyl groups is 1. The van der Waals surface area contributed by atoms with Gasteiger partial charge in [0, 0.05) is 5.69 Å². The highest BCUT2D eigenvalue weighted by Crippen LogP contribution is 2.20. The van der Waals surface area contributed by atoms with E-state index in [4.69, 9.17) is 10.5 Å². The van der Waals surface area contributed by atoms with Crippen LogP contribution >= 0.6 is 0 Å². The summed E-state index contributed by atoms with van der Waals surface area (Å²) in [7, 11) is 0. The SMILES string of the molecule is CC(C)c1ccc(OCC(O)c2ccc(N)cc2)cc1. The maximum Gasteiger partial charge on any atom is 0.119 e. The van der Waals surface area contributed by atoms with Gasteiger partial charge in [-0.1, -0.05) is 38.1 Å². The largest absolute Gasteiger partial charge is 0.491 e. The van der Waals surface area contributed by atoms with E-state index < -0.39 is 6.10 Å². The fourth-order valence-electron chi connectivity index (χ4n) is 1.94. The molecule has 1 atom stereocenters. The average Bonchev–Trinajstić information content (AvgIpc) is 2.46. The van der Waals surface area contributed by atoms with Crippen LogP contribution in [0.1, 0.15) is 37.0 Å². The van der Waals surface area contributed by atoms with E-state index in [1.165, 1.54) is 5.56 Å². The maximum atomic E-state index is 10.0. The molecule has 0 aliphatic rings. The van der Waals surface area contributed by atoms with Gasteiger partial charge >= 0.3 is 0 Å². The predicted molar refractivity (Wildman–Crippen MR) is 81.8 cm³/mol. The number of anilines is 1. The van der Waals surface area contributed by atoms with Crippen molar-refractivity contribution < 1.29 is 9.84 Å². The highest BCUT2D eigenvalue weighted by molar-refractivity contribution is 5.40. The number of hydrogen-bond acceptors (Lipinski definition) is 3. The van der Waals surface area contributed by atoms with Crippen LogP contribution < -0.4 is 10.5 Å². The fraction of sp³-hybridized carbons (Fsp3) is 0.294. The summed E-state index contributed by atoms with van der Waals surface area (Å²) < 4.78 is 5.61. The zero-order valence-electron chi connectivity index (χ0n) is 11.9. The molecule has 2 aromatic carbocycles. The molecule has 0 saturated heterocycles. The molecule has 0 bridgehead atoms. The average molecular weight is 271 g/mol. The van der Waals surface area contributed by atoms with Crippen LogP contribution in [0.4, 0.5) is 5.69 Å². The monoisotopic (exact) mass is 271 g/mol. The van der Waals surface area contributed by atoms with Crippen molar-refractivity contribution in [3.05, 3.63) is 59.7 Å². The number of ether oxygens (including phenoxy) is 1. The quantitative estimate of drug-likeness (QED) is 0.818. The maximum absolute atomic E-state index is 10.0. The van der Waals surface area contributed by atoms with E-state index in [2.05, 4.69) is 26.0 Å². The third kappa shape index (κ3) is 3.75. The van der Waals surface area contributed by atoms with Crippen molar-refractivity contribution >= 4 is 5.69 Å². The summed E-state index contributed by atoms with van der Waals surface area (Å²) >= 11 is 0. The van der Waals surface area contributed by atoms with Crippen molar-refractivity contribution in [3.63, 3.8) is 0 Å². The first-order valence-electron chi connectivity index (χ1n) is 6.82. The highest BCUT2D eigenvalue weighted by Gasteiger charge is 2.08. The number of benzene rings is 2. The van der Waals surface area contributed by atoms with Gasteiger partial charge in [-0.25, -0.2) is 0 Å². The zero-order valence-corrected chi connectivity index (χ0v) is 11.9. The first-order valence-corrected chi connectivity index (χ1v) is 6.82. The van der Waals surface area contributed by atoms with Crippen LogP contribution in [0.5, 0.6) is 5.75 Å². The third-order valence-electron chi connectivity index (χ3n) is 3.28. The van der Waals surface area contributed by atoms with Gasteiger partial charge in [-0.2, -0.15) is 0 Å². The van der Waals surface area contributed by atoms with E-state index >= 15 is 0 Å². The minimum Gasteiger partial charge on any atom is -0.491 e. The second-order valence-corrected chi connectivity index (χ2v) is 5.22. The second kappa shape index (κ2) is 6.44. The van der Waals surface area contributed by atoms with Crippen LogP contribution in [0.2, 0.25) is 0 Å². The summed E-state index contributed by atoms with van der Waals surface area (Å²) in [6.07, 6.45) is -0.652. The Labute approximate surface area is 120 Å². The Kier molecular flexibility index (Phi) is 4.64. The van der Waals surface area contributed by atoms with Gasteiger partial charge < -0.3 is 15.6 Å². The van der Waals surface area contributed by atoms with Crippen LogP contribution in [-0.2, 0) is 0 Å². The minimum atomic E-state index is -0.652. The summed E-state index contributed by atoms with van der Waals surface area (Å²) in [4.78, 5) is 0. The Balaban J connectivity index is 1.92. The molecule has 3 nitrogen and oxygen atoms in total. The van der Waals surface area contributed by atoms with E-state index in [-0.39, 0.29) is 6.61 Å². The van der Waals surface area contributed by atoms with Crippen LogP contribution in [0, 0.1) is 0 Å². The molecule has 3 N–H and O–H groups in total. The van der Waals surface area contributed by atoms with Gasteiger partial charge in [-0.15, -0.1) is 0 Å². The lowest BCUT2D eigenvalue weighted by atomic mass is 10.0. The van der Waals surface area contributed by atoms with Crippen molar-refractivity contribution in [3.8, 4) is 5.75 Å². The van der Waals surface area contributed by atoms with E-state index in [0.717, 1.165) is 11.3 Å². The smallest absolute Gasteiger partial charge is 0.119 e. The molecule has 0 fully saturated rings. The second-order valence-electron chi connectivity index (χ2n) is 5.22. The Morgan fingerprint density at radius 2 is 1.50 bits per heavy atom. The Morgan fingerprint density at radius 1 is 0.950 bits per heavy atom. The minimum absolute atomic E-state index is 0.227. The van der Waals surface area contributed by atoms with Gasteiger partial charge in [0.05, 0.1) is 0 Å². The molecule has 0 spiro atoms. The van der Waals surface area contributed by atoms with Gasteiger partial charge in [-0.05, 0) is 41.3 Å². The van der Waals surface area contributed by atoms with Crippen molar-refractivity contribution in [2.45, 2.75) is 25.9 Å². The van der Waals surface area contributed by atoms with Gasteiger partial charge in [-0.3, -0.25) is 0 Å². The molecule has 106 valence electrons. The summed E-state index contributed by atoms with van der Waals surface area (Å²) in [5.41, 5.74) is 8.38. The third-order valence-corrected chi connectivity index (χ3v) is 3.28. The topological polar surface area (TPSA) is 55.5 Å². The first kappa shape index (κ1) is 14.4. The van der Waals surface area contributed by atoms with Crippen molar-refractivity contribution in [2.24, 2.45) is 0 Å². The molecule has 3 heteroatoms.